The van der Waals surface area contributed by atoms with Gasteiger partial charge in [0, 0.05) is 163 Å². The molecule has 5 N–H and O–H groups in total. The molecule has 1 saturated heterocycles. The van der Waals surface area contributed by atoms with E-state index in [1.54, 1.807) is 122 Å². The predicted octanol–water partition coefficient (Wildman–Crippen LogP) is 15.2. The van der Waals surface area contributed by atoms with Crippen molar-refractivity contribution in [1.82, 2.24) is 42.7 Å². The largest absolute Gasteiger partial charge is 0.478 e. The Labute approximate surface area is 594 Å². The quantitative estimate of drug-likeness (QED) is 0.0601. The lowest BCUT2D eigenvalue weighted by Crippen LogP contribution is -2.30. The standard InChI is InChI=1S/C18H16N2O3.C15H16N2O3.3C15H12N2O2.3CH4/c1-19(15-5-3-2-4-6-15)17(21)12-20-10-9-13-11-14(18(22)23)7-8-16(13)20;18-14(16-6-1-2-7-16)10-17-8-5-11-9-12(15(19)20)3-4-13(11)17;18-15(19)13-1-2-14-12(9-13)5-8-17(14)10-11-3-6-16-7-4-11;18-15(19)13-2-1-12-5-8-17(14(12)9-13)10-11-3-6-16-7-4-11;18-15(19)13-3-4-14-12(8-13)5-7-17(14)10-11-2-1-6-16-9-11;;;/h2-11H,12H2,1H3,(H,22,23);3-5,8-9H,1-2,6-7,10H2,(H,19,20);3*1-9H,10H2,(H,18,19);3*1H4. The van der Waals surface area contributed by atoms with Gasteiger partial charge in [-0.1, -0.05) is 52.6 Å². The summed E-state index contributed by atoms with van der Waals surface area (Å²) in [7, 11) is 1.74. The number of hydrogen-bond acceptors (Lipinski definition) is 10. The number of likely N-dealkylation sites (tertiary alicyclic amines) is 1. The third-order valence-electron chi connectivity index (χ3n) is 17.0. The molecular formula is C81H80N10O12. The Kier molecular flexibility index (Phi) is 25.7. The summed E-state index contributed by atoms with van der Waals surface area (Å²) in [4.78, 5) is 95.0. The number of aromatic nitrogens is 8. The molecule has 0 saturated carbocycles. The molecule has 1 aliphatic heterocycles. The molecule has 526 valence electrons. The van der Waals surface area contributed by atoms with Crippen LogP contribution in [0.4, 0.5) is 5.69 Å². The van der Waals surface area contributed by atoms with Crippen LogP contribution in [0.15, 0.2) is 256 Å². The summed E-state index contributed by atoms with van der Waals surface area (Å²) in [6.45, 7) is 4.39. The molecule has 8 aromatic heterocycles. The first kappa shape index (κ1) is 75.5. The van der Waals surface area contributed by atoms with E-state index >= 15 is 0 Å². The first-order valence-corrected chi connectivity index (χ1v) is 31.8. The van der Waals surface area contributed by atoms with E-state index < -0.39 is 29.8 Å². The molecule has 1 fully saturated rings. The van der Waals surface area contributed by atoms with Crippen LogP contribution in [-0.4, -0.2) is 130 Å². The SMILES string of the molecule is C.C.C.CN(C(=O)Cn1ccc2cc(C(=O)O)ccc21)c1ccccc1.O=C(O)c1ccc2c(ccn2CC(=O)N2CCCC2)c1.O=C(O)c1ccc2c(ccn2Cc2cccnc2)c1.O=C(O)c1ccc2c(ccn2Cc2ccncc2)c1.O=C(O)c1ccc2ccn(Cc3ccncc3)c2c1. The van der Waals surface area contributed by atoms with Crippen molar-refractivity contribution < 1.29 is 59.1 Å². The number of rotatable bonds is 16. The van der Waals surface area contributed by atoms with Crippen LogP contribution in [-0.2, 0) is 42.3 Å². The monoisotopic (exact) mass is 1380 g/mol. The number of carboxylic acid groups (broad SMARTS) is 5. The lowest BCUT2D eigenvalue weighted by atomic mass is 10.1. The van der Waals surface area contributed by atoms with Crippen LogP contribution in [0.1, 0.15) is 104 Å². The predicted molar refractivity (Wildman–Crippen MR) is 400 cm³/mol. The van der Waals surface area contributed by atoms with Crippen LogP contribution >= 0.6 is 0 Å². The second-order valence-electron chi connectivity index (χ2n) is 23.6. The fourth-order valence-corrected chi connectivity index (χ4v) is 11.7. The van der Waals surface area contributed by atoms with Crippen molar-refractivity contribution in [2.24, 2.45) is 0 Å². The Morgan fingerprint density at radius 3 is 1.15 bits per heavy atom. The van der Waals surface area contributed by atoms with E-state index in [2.05, 4.69) is 24.1 Å². The number of fused-ring (bicyclic) bond motifs is 5. The minimum atomic E-state index is -0.959. The number of carbonyl (C=O) groups is 7. The van der Waals surface area contributed by atoms with Gasteiger partial charge in [-0.25, -0.2) is 24.0 Å². The minimum absolute atomic E-state index is 0. The van der Waals surface area contributed by atoms with Gasteiger partial charge in [-0.3, -0.25) is 24.5 Å². The maximum absolute atomic E-state index is 12.4. The number of aromatic carboxylic acids is 5. The van der Waals surface area contributed by atoms with Crippen molar-refractivity contribution in [2.75, 3.05) is 25.0 Å². The van der Waals surface area contributed by atoms with Crippen molar-refractivity contribution >= 4 is 102 Å². The number of nitrogens with zero attached hydrogens (tertiary/aromatic N) is 10. The van der Waals surface area contributed by atoms with Crippen molar-refractivity contribution in [1.29, 1.82) is 0 Å². The van der Waals surface area contributed by atoms with Crippen molar-refractivity contribution in [3.63, 3.8) is 0 Å². The highest BCUT2D eigenvalue weighted by Gasteiger charge is 2.20. The zero-order valence-electron chi connectivity index (χ0n) is 54.2. The van der Waals surface area contributed by atoms with Gasteiger partial charge in [-0.15, -0.1) is 0 Å². The summed E-state index contributed by atoms with van der Waals surface area (Å²) in [5.74, 6) is -4.52. The Balaban J connectivity index is 0.000000162. The Hall–Kier alpha value is -13.2. The second kappa shape index (κ2) is 35.0. The summed E-state index contributed by atoms with van der Waals surface area (Å²) in [6, 6.07) is 56.1. The average molecular weight is 1390 g/mol. The Morgan fingerprint density at radius 1 is 0.359 bits per heavy atom. The highest BCUT2D eigenvalue weighted by molar-refractivity contribution is 5.98. The van der Waals surface area contributed by atoms with Gasteiger partial charge in [-0.2, -0.15) is 0 Å². The Bertz CT molecular complexity index is 5120. The minimum Gasteiger partial charge on any atom is -0.478 e. The average Bonchev–Trinajstić information content (AvgIpc) is 1.71. The number of hydrogen-bond donors (Lipinski definition) is 5. The maximum Gasteiger partial charge on any atom is 0.335 e. The van der Waals surface area contributed by atoms with Gasteiger partial charge in [0.15, 0.2) is 0 Å². The van der Waals surface area contributed by atoms with Crippen molar-refractivity contribution in [3.05, 3.63) is 301 Å². The molecule has 14 aromatic rings. The van der Waals surface area contributed by atoms with Crippen LogP contribution in [0.5, 0.6) is 0 Å². The van der Waals surface area contributed by atoms with Gasteiger partial charge in [0.2, 0.25) is 11.8 Å². The second-order valence-corrected chi connectivity index (χ2v) is 23.6. The summed E-state index contributed by atoms with van der Waals surface area (Å²) in [6.07, 6.45) is 22.3. The molecule has 22 heteroatoms. The molecule has 0 unspecified atom stereocenters. The fourth-order valence-electron chi connectivity index (χ4n) is 11.7. The first-order chi connectivity index (χ1) is 48.4. The molecule has 1 aliphatic rings. The maximum atomic E-state index is 12.4. The molecule has 103 heavy (non-hydrogen) atoms. The number of benzene rings is 6. The van der Waals surface area contributed by atoms with E-state index in [1.807, 2.05) is 165 Å². The number of likely N-dealkylation sites (N-methyl/N-ethyl adjacent to an activating group) is 1. The fraction of sp³-hybridized carbons (Fsp3) is 0.160. The molecule has 2 amide bonds. The molecule has 6 aromatic carbocycles. The van der Waals surface area contributed by atoms with Gasteiger partial charge in [0.1, 0.15) is 13.1 Å². The molecule has 0 radical (unpaired) electrons. The van der Waals surface area contributed by atoms with Crippen molar-refractivity contribution in [3.8, 4) is 0 Å². The smallest absolute Gasteiger partial charge is 0.335 e. The highest BCUT2D eigenvalue weighted by Crippen LogP contribution is 2.25. The summed E-state index contributed by atoms with van der Waals surface area (Å²) in [5.41, 5.74) is 10.4. The van der Waals surface area contributed by atoms with Gasteiger partial charge in [0.25, 0.3) is 0 Å². The van der Waals surface area contributed by atoms with Crippen LogP contribution in [0.3, 0.4) is 0 Å². The number of pyridine rings is 3. The molecule has 0 bridgehead atoms. The highest BCUT2D eigenvalue weighted by atomic mass is 16.4. The van der Waals surface area contributed by atoms with Gasteiger partial charge < -0.3 is 58.2 Å². The van der Waals surface area contributed by atoms with Gasteiger partial charge >= 0.3 is 29.8 Å². The molecule has 9 heterocycles. The first-order valence-electron chi connectivity index (χ1n) is 31.8. The molecule has 0 aliphatic carbocycles. The van der Waals surface area contributed by atoms with Gasteiger partial charge in [-0.05, 0) is 193 Å². The Morgan fingerprint density at radius 2 is 0.728 bits per heavy atom. The molecular weight excluding hydrogens is 1300 g/mol. The molecule has 0 atom stereocenters. The van der Waals surface area contributed by atoms with E-state index in [9.17, 15) is 33.6 Å². The third-order valence-corrected chi connectivity index (χ3v) is 17.0. The van der Waals surface area contributed by atoms with E-state index in [4.69, 9.17) is 25.5 Å². The number of carbonyl (C=O) groups excluding carboxylic acids is 2. The molecule has 15 rings (SSSR count). The molecule has 22 nitrogen and oxygen atoms in total. The number of anilines is 1. The zero-order chi connectivity index (χ0) is 70.2. The molecule has 0 spiro atoms. The lowest BCUT2D eigenvalue weighted by molar-refractivity contribution is -0.130. The van der Waals surface area contributed by atoms with E-state index in [1.165, 1.54) is 0 Å². The van der Waals surface area contributed by atoms with Crippen LogP contribution in [0, 0.1) is 0 Å². The zero-order valence-corrected chi connectivity index (χ0v) is 54.2. The number of para-hydroxylation sites is 1. The summed E-state index contributed by atoms with van der Waals surface area (Å²) in [5, 5.41) is 49.6. The lowest BCUT2D eigenvalue weighted by Gasteiger charge is -2.18. The van der Waals surface area contributed by atoms with Crippen LogP contribution in [0.25, 0.3) is 54.5 Å². The van der Waals surface area contributed by atoms with E-state index in [0.717, 1.165) is 116 Å². The topological polar surface area (TPSA) is 290 Å². The van der Waals surface area contributed by atoms with E-state index in [-0.39, 0.29) is 51.8 Å². The van der Waals surface area contributed by atoms with Gasteiger partial charge in [0.05, 0.1) is 27.8 Å². The van der Waals surface area contributed by atoms with Crippen LogP contribution in [0.2, 0.25) is 0 Å². The van der Waals surface area contributed by atoms with E-state index in [0.29, 0.717) is 29.8 Å². The summed E-state index contributed by atoms with van der Waals surface area (Å²) >= 11 is 0. The normalized spacial score (nSPS) is 11.2. The number of carboxylic acids is 5. The van der Waals surface area contributed by atoms with Crippen molar-refractivity contribution in [2.45, 2.75) is 67.8 Å². The van der Waals surface area contributed by atoms with Crippen LogP contribution < -0.4 is 4.90 Å². The third kappa shape index (κ3) is 19.0. The number of amides is 2. The summed E-state index contributed by atoms with van der Waals surface area (Å²) < 4.78 is 9.91.